The van der Waals surface area contributed by atoms with Crippen molar-refractivity contribution < 1.29 is 4.74 Å². The molecule has 1 unspecified atom stereocenters. The zero-order chi connectivity index (χ0) is 11.9. The van der Waals surface area contributed by atoms with Gasteiger partial charge in [0.05, 0.1) is 0 Å². The molecule has 0 aromatic carbocycles. The molecule has 0 radical (unpaired) electrons. The Morgan fingerprint density at radius 2 is 1.93 bits per heavy atom. The zero-order valence-electron chi connectivity index (χ0n) is 11.1. The Morgan fingerprint density at radius 3 is 2.33 bits per heavy atom. The topological polar surface area (TPSA) is 21.3 Å². The molecule has 0 spiro atoms. The largest absolute Gasteiger partial charge is 0.385 e. The molecule has 92 valence electrons. The van der Waals surface area contributed by atoms with Gasteiger partial charge in [0, 0.05) is 31.1 Å². The van der Waals surface area contributed by atoms with Crippen molar-refractivity contribution in [1.82, 2.24) is 5.32 Å². The summed E-state index contributed by atoms with van der Waals surface area (Å²) in [5.41, 5.74) is 0. The molecular formula is C12H27NOS. The van der Waals surface area contributed by atoms with Crippen LogP contribution in [0, 0.1) is 5.92 Å². The summed E-state index contributed by atoms with van der Waals surface area (Å²) >= 11 is 1.91. The average Bonchev–Trinajstić information content (AvgIpc) is 2.17. The fraction of sp³-hybridized carbons (Fsp3) is 1.00. The van der Waals surface area contributed by atoms with Gasteiger partial charge in [0.25, 0.3) is 0 Å². The highest BCUT2D eigenvalue weighted by Gasteiger charge is 2.19. The van der Waals surface area contributed by atoms with Crippen LogP contribution in [0.5, 0.6) is 0 Å². The number of nitrogens with one attached hydrogen (secondary N) is 1. The van der Waals surface area contributed by atoms with Crippen LogP contribution >= 0.6 is 11.8 Å². The van der Waals surface area contributed by atoms with E-state index in [1.165, 1.54) is 0 Å². The highest BCUT2D eigenvalue weighted by atomic mass is 32.2. The van der Waals surface area contributed by atoms with E-state index >= 15 is 0 Å². The lowest BCUT2D eigenvalue weighted by atomic mass is 10.0. The summed E-state index contributed by atoms with van der Waals surface area (Å²) in [7, 11) is 1.77. The third kappa shape index (κ3) is 7.20. The van der Waals surface area contributed by atoms with Crippen molar-refractivity contribution in [1.29, 1.82) is 0 Å². The molecule has 0 amide bonds. The predicted molar refractivity (Wildman–Crippen MR) is 70.7 cm³/mol. The third-order valence-electron chi connectivity index (χ3n) is 2.78. The van der Waals surface area contributed by atoms with Crippen LogP contribution in [0.15, 0.2) is 0 Å². The molecule has 0 aliphatic carbocycles. The van der Waals surface area contributed by atoms with E-state index in [4.69, 9.17) is 4.74 Å². The number of thioether (sulfide) groups is 1. The van der Waals surface area contributed by atoms with Crippen LogP contribution in [-0.2, 0) is 4.74 Å². The van der Waals surface area contributed by atoms with Crippen LogP contribution in [0.25, 0.3) is 0 Å². The molecule has 0 aliphatic heterocycles. The summed E-state index contributed by atoms with van der Waals surface area (Å²) in [5, 5.41) is 3.64. The van der Waals surface area contributed by atoms with E-state index in [2.05, 4.69) is 39.3 Å². The molecule has 0 saturated carbocycles. The van der Waals surface area contributed by atoms with E-state index in [0.717, 1.165) is 19.6 Å². The molecule has 0 heterocycles. The van der Waals surface area contributed by atoms with Crippen molar-refractivity contribution in [2.24, 2.45) is 5.92 Å². The maximum absolute atomic E-state index is 5.14. The smallest absolute Gasteiger partial charge is 0.0477 e. The number of rotatable bonds is 8. The first kappa shape index (κ1) is 15.3. The van der Waals surface area contributed by atoms with Crippen molar-refractivity contribution in [2.45, 2.75) is 44.9 Å². The van der Waals surface area contributed by atoms with Gasteiger partial charge < -0.3 is 10.1 Å². The van der Waals surface area contributed by atoms with Gasteiger partial charge in [-0.3, -0.25) is 0 Å². The monoisotopic (exact) mass is 233 g/mol. The van der Waals surface area contributed by atoms with Gasteiger partial charge in [0.15, 0.2) is 0 Å². The lowest BCUT2D eigenvalue weighted by Gasteiger charge is -2.28. The van der Waals surface area contributed by atoms with Crippen LogP contribution in [0.1, 0.15) is 34.1 Å². The van der Waals surface area contributed by atoms with Crippen molar-refractivity contribution >= 4 is 11.8 Å². The molecular weight excluding hydrogens is 206 g/mol. The fourth-order valence-electron chi connectivity index (χ4n) is 1.36. The van der Waals surface area contributed by atoms with Crippen LogP contribution in [0.3, 0.4) is 0 Å². The van der Waals surface area contributed by atoms with Gasteiger partial charge in [-0.15, -0.1) is 0 Å². The Bertz CT molecular complexity index is 160. The van der Waals surface area contributed by atoms with E-state index in [1.54, 1.807) is 7.11 Å². The fourth-order valence-corrected chi connectivity index (χ4v) is 1.59. The summed E-state index contributed by atoms with van der Waals surface area (Å²) in [6.07, 6.45) is 3.26. The predicted octanol–water partition coefficient (Wildman–Crippen LogP) is 2.78. The number of ether oxygens (including phenoxy) is 1. The number of hydrogen-bond acceptors (Lipinski definition) is 3. The molecule has 0 bridgehead atoms. The first-order chi connectivity index (χ1) is 6.93. The maximum Gasteiger partial charge on any atom is 0.0477 e. The zero-order valence-corrected chi connectivity index (χ0v) is 11.9. The SMILES string of the molecule is COCCC(NCC(C)(C)SC)C(C)C. The lowest BCUT2D eigenvalue weighted by Crippen LogP contribution is -2.42. The average molecular weight is 233 g/mol. The second kappa shape index (κ2) is 7.53. The van der Waals surface area contributed by atoms with Crippen molar-refractivity contribution in [2.75, 3.05) is 26.5 Å². The van der Waals surface area contributed by atoms with Crippen LogP contribution in [0.2, 0.25) is 0 Å². The van der Waals surface area contributed by atoms with Crippen LogP contribution in [-0.4, -0.2) is 37.3 Å². The van der Waals surface area contributed by atoms with Crippen molar-refractivity contribution in [3.8, 4) is 0 Å². The van der Waals surface area contributed by atoms with Crippen LogP contribution in [0.4, 0.5) is 0 Å². The Morgan fingerprint density at radius 1 is 1.33 bits per heavy atom. The van der Waals surface area contributed by atoms with Gasteiger partial charge in [0.1, 0.15) is 0 Å². The second-order valence-corrected chi connectivity index (χ2v) is 6.49. The van der Waals surface area contributed by atoms with E-state index in [1.807, 2.05) is 11.8 Å². The first-order valence-electron chi connectivity index (χ1n) is 5.70. The summed E-state index contributed by atoms with van der Waals surface area (Å²) in [5.74, 6) is 0.665. The first-order valence-corrected chi connectivity index (χ1v) is 6.93. The van der Waals surface area contributed by atoms with Gasteiger partial charge in [0.2, 0.25) is 0 Å². The number of methoxy groups -OCH3 is 1. The summed E-state index contributed by atoms with van der Waals surface area (Å²) in [4.78, 5) is 0. The minimum Gasteiger partial charge on any atom is -0.385 e. The van der Waals surface area contributed by atoms with Crippen LogP contribution < -0.4 is 5.32 Å². The molecule has 0 aliphatic rings. The molecule has 0 aromatic rings. The van der Waals surface area contributed by atoms with Gasteiger partial charge >= 0.3 is 0 Å². The quantitative estimate of drug-likeness (QED) is 0.696. The Hall–Kier alpha value is 0.270. The summed E-state index contributed by atoms with van der Waals surface area (Å²) < 4.78 is 5.46. The van der Waals surface area contributed by atoms with E-state index in [-0.39, 0.29) is 0 Å². The molecule has 0 rings (SSSR count). The third-order valence-corrected chi connectivity index (χ3v) is 4.03. The molecule has 0 fully saturated rings. The lowest BCUT2D eigenvalue weighted by molar-refractivity contribution is 0.173. The molecule has 1 N–H and O–H groups in total. The second-order valence-electron chi connectivity index (χ2n) is 4.98. The standard InChI is InChI=1S/C12H27NOS/c1-10(2)11(7-8-14-5)13-9-12(3,4)15-6/h10-11,13H,7-9H2,1-6H3. The van der Waals surface area contributed by atoms with Crippen molar-refractivity contribution in [3.63, 3.8) is 0 Å². The highest BCUT2D eigenvalue weighted by Crippen LogP contribution is 2.20. The molecule has 2 nitrogen and oxygen atoms in total. The van der Waals surface area contributed by atoms with E-state index in [9.17, 15) is 0 Å². The minimum atomic E-state index is 0.320. The van der Waals surface area contributed by atoms with E-state index in [0.29, 0.717) is 16.7 Å². The molecule has 0 saturated heterocycles. The summed E-state index contributed by atoms with van der Waals surface area (Å²) in [6, 6.07) is 0.566. The van der Waals surface area contributed by atoms with Crippen molar-refractivity contribution in [3.05, 3.63) is 0 Å². The maximum atomic E-state index is 5.14. The summed E-state index contributed by atoms with van der Waals surface area (Å²) in [6.45, 7) is 11.0. The van der Waals surface area contributed by atoms with Gasteiger partial charge in [-0.1, -0.05) is 13.8 Å². The molecule has 15 heavy (non-hydrogen) atoms. The highest BCUT2D eigenvalue weighted by molar-refractivity contribution is 7.99. The normalized spacial score (nSPS) is 14.6. The Kier molecular flexibility index (Phi) is 7.66. The van der Waals surface area contributed by atoms with Gasteiger partial charge in [-0.05, 0) is 32.4 Å². The Balaban J connectivity index is 3.95. The van der Waals surface area contributed by atoms with E-state index < -0.39 is 0 Å². The van der Waals surface area contributed by atoms with Gasteiger partial charge in [-0.2, -0.15) is 11.8 Å². The minimum absolute atomic E-state index is 0.320. The molecule has 0 aromatic heterocycles. The molecule has 3 heteroatoms. The Labute approximate surface area is 99.5 Å². The van der Waals surface area contributed by atoms with Gasteiger partial charge in [-0.25, -0.2) is 0 Å². The molecule has 1 atom stereocenters. The number of hydrogen-bond donors (Lipinski definition) is 1.